The third-order valence-corrected chi connectivity index (χ3v) is 9.67. The van der Waals surface area contributed by atoms with Crippen LogP contribution in [0.3, 0.4) is 0 Å². The Morgan fingerprint density at radius 2 is 1.04 bits per heavy atom. The van der Waals surface area contributed by atoms with Crippen LogP contribution in [0.2, 0.25) is 0 Å². The highest BCUT2D eigenvalue weighted by molar-refractivity contribution is 6.17. The topological polar surface area (TPSA) is 42.4 Å². The molecule has 0 saturated heterocycles. The summed E-state index contributed by atoms with van der Waals surface area (Å²) in [6, 6.07) is 63.5. The van der Waals surface area contributed by atoms with E-state index in [-0.39, 0.29) is 0 Å². The second-order valence-corrected chi connectivity index (χ2v) is 12.8. The fraction of sp³-hybridized carbons (Fsp3) is 0. The van der Waals surface area contributed by atoms with Crippen molar-refractivity contribution < 1.29 is 8.83 Å². The number of hydrogen-bond donors (Lipinski definition) is 0. The summed E-state index contributed by atoms with van der Waals surface area (Å²) in [5.74, 6) is 0.598. The zero-order valence-corrected chi connectivity index (χ0v) is 27.5. The molecule has 0 aliphatic rings. The fourth-order valence-electron chi connectivity index (χ4n) is 7.15. The molecule has 0 atom stereocenters. The third-order valence-electron chi connectivity index (χ3n) is 9.67. The molecule has 0 bridgehead atoms. The summed E-state index contributed by atoms with van der Waals surface area (Å²) in [5.41, 5.74) is 11.8. The maximum Gasteiger partial charge on any atom is 0.227 e. The molecule has 2 heterocycles. The van der Waals surface area contributed by atoms with Gasteiger partial charge in [-0.2, -0.15) is 0 Å². The molecule has 10 aromatic rings. The van der Waals surface area contributed by atoms with Gasteiger partial charge in [-0.15, -0.1) is 0 Å². The smallest absolute Gasteiger partial charge is 0.227 e. The molecule has 0 amide bonds. The van der Waals surface area contributed by atoms with Crippen LogP contribution in [0.25, 0.3) is 77.5 Å². The van der Waals surface area contributed by atoms with Crippen LogP contribution >= 0.6 is 0 Å². The highest BCUT2D eigenvalue weighted by atomic mass is 16.4. The minimum Gasteiger partial charge on any atom is -0.456 e. The molecule has 51 heavy (non-hydrogen) atoms. The van der Waals surface area contributed by atoms with Crippen LogP contribution in [-0.2, 0) is 0 Å². The van der Waals surface area contributed by atoms with Gasteiger partial charge in [-0.25, -0.2) is 4.98 Å². The van der Waals surface area contributed by atoms with E-state index in [0.29, 0.717) is 5.89 Å². The van der Waals surface area contributed by atoms with Crippen LogP contribution < -0.4 is 4.90 Å². The zero-order chi connectivity index (χ0) is 33.7. The number of anilines is 3. The summed E-state index contributed by atoms with van der Waals surface area (Å²) >= 11 is 0. The molecule has 240 valence electrons. The molecular weight excluding hydrogens is 625 g/mol. The van der Waals surface area contributed by atoms with Gasteiger partial charge in [0.15, 0.2) is 5.58 Å². The number of benzene rings is 8. The molecule has 8 aromatic carbocycles. The lowest BCUT2D eigenvalue weighted by atomic mass is 10.0. The summed E-state index contributed by atoms with van der Waals surface area (Å²) in [5, 5.41) is 4.39. The lowest BCUT2D eigenvalue weighted by Crippen LogP contribution is -2.10. The quantitative estimate of drug-likeness (QED) is 0.179. The second kappa shape index (κ2) is 11.9. The van der Waals surface area contributed by atoms with Crippen molar-refractivity contribution in [3.8, 4) is 33.7 Å². The summed E-state index contributed by atoms with van der Waals surface area (Å²) in [4.78, 5) is 7.10. The lowest BCUT2D eigenvalue weighted by molar-refractivity contribution is 0.622. The van der Waals surface area contributed by atoms with Gasteiger partial charge in [-0.05, 0) is 99.8 Å². The first kappa shape index (κ1) is 29.0. The van der Waals surface area contributed by atoms with Crippen molar-refractivity contribution in [3.05, 3.63) is 182 Å². The molecule has 0 radical (unpaired) electrons. The standard InChI is InChI=1S/C47H30N2O2/c1-3-10-31(11-4-1)36-16-9-17-39(29-36)49(38-22-20-33(21-23-38)37-19-18-32-12-7-8-15-35(32)28-37)40-24-25-41-44(30-40)50-43-27-26-42-46(45(41)43)51-47(48-42)34-13-5-2-6-14-34/h1-30H. The van der Waals surface area contributed by atoms with Gasteiger partial charge in [0.05, 0.1) is 5.39 Å². The summed E-state index contributed by atoms with van der Waals surface area (Å²) in [7, 11) is 0. The van der Waals surface area contributed by atoms with Gasteiger partial charge >= 0.3 is 0 Å². The average Bonchev–Trinajstić information content (AvgIpc) is 3.80. The lowest BCUT2D eigenvalue weighted by Gasteiger charge is -2.26. The van der Waals surface area contributed by atoms with E-state index < -0.39 is 0 Å². The molecular formula is C47H30N2O2. The maximum absolute atomic E-state index is 6.53. The SMILES string of the molecule is c1ccc(-c2cccc(N(c3ccc(-c4ccc5ccccc5c4)cc3)c3ccc4c(c3)oc3ccc5nc(-c6ccccc6)oc5c34)c2)cc1. The molecule has 0 spiro atoms. The Balaban J connectivity index is 1.10. The van der Waals surface area contributed by atoms with E-state index in [1.165, 1.54) is 27.5 Å². The van der Waals surface area contributed by atoms with Crippen molar-refractivity contribution >= 4 is 60.9 Å². The van der Waals surface area contributed by atoms with Crippen molar-refractivity contribution in [2.24, 2.45) is 0 Å². The predicted molar refractivity (Wildman–Crippen MR) is 210 cm³/mol. The molecule has 0 aliphatic carbocycles. The largest absolute Gasteiger partial charge is 0.456 e. The first-order chi connectivity index (χ1) is 25.2. The van der Waals surface area contributed by atoms with Crippen LogP contribution in [0.15, 0.2) is 191 Å². The van der Waals surface area contributed by atoms with Crippen LogP contribution in [0.4, 0.5) is 17.1 Å². The number of hydrogen-bond acceptors (Lipinski definition) is 4. The molecule has 10 rings (SSSR count). The Morgan fingerprint density at radius 1 is 0.392 bits per heavy atom. The predicted octanol–water partition coefficient (Wildman–Crippen LogP) is 13.4. The Morgan fingerprint density at radius 3 is 1.86 bits per heavy atom. The van der Waals surface area contributed by atoms with Gasteiger partial charge in [0.1, 0.15) is 16.7 Å². The number of aromatic nitrogens is 1. The number of furan rings is 1. The Kier molecular flexibility index (Phi) is 6.78. The summed E-state index contributed by atoms with van der Waals surface area (Å²) in [6.07, 6.45) is 0. The van der Waals surface area contributed by atoms with E-state index in [0.717, 1.165) is 61.2 Å². The van der Waals surface area contributed by atoms with Crippen LogP contribution in [0.5, 0.6) is 0 Å². The molecule has 0 unspecified atom stereocenters. The van der Waals surface area contributed by atoms with E-state index in [1.54, 1.807) is 0 Å². The maximum atomic E-state index is 6.53. The van der Waals surface area contributed by atoms with Gasteiger partial charge in [0.25, 0.3) is 0 Å². The summed E-state index contributed by atoms with van der Waals surface area (Å²) < 4.78 is 12.9. The van der Waals surface area contributed by atoms with E-state index in [9.17, 15) is 0 Å². The average molecular weight is 655 g/mol. The van der Waals surface area contributed by atoms with Gasteiger partial charge in [0.2, 0.25) is 5.89 Å². The van der Waals surface area contributed by atoms with Gasteiger partial charge in [0, 0.05) is 34.1 Å². The molecule has 0 saturated carbocycles. The van der Waals surface area contributed by atoms with Gasteiger partial charge < -0.3 is 13.7 Å². The number of rotatable bonds is 6. The Hall–Kier alpha value is -6.91. The Bertz CT molecular complexity index is 2850. The second-order valence-electron chi connectivity index (χ2n) is 12.8. The van der Waals surface area contributed by atoms with Crippen molar-refractivity contribution in [2.45, 2.75) is 0 Å². The van der Waals surface area contributed by atoms with Gasteiger partial charge in [-0.3, -0.25) is 0 Å². The molecule has 0 N–H and O–H groups in total. The third kappa shape index (κ3) is 5.13. The number of oxazole rings is 1. The first-order valence-electron chi connectivity index (χ1n) is 17.1. The van der Waals surface area contributed by atoms with Crippen LogP contribution in [0, 0.1) is 0 Å². The molecule has 4 heteroatoms. The normalized spacial score (nSPS) is 11.5. The Labute approximate surface area is 294 Å². The van der Waals surface area contributed by atoms with E-state index in [4.69, 9.17) is 13.8 Å². The van der Waals surface area contributed by atoms with Crippen LogP contribution in [0.1, 0.15) is 0 Å². The molecule has 0 aliphatic heterocycles. The van der Waals surface area contributed by atoms with Crippen molar-refractivity contribution in [3.63, 3.8) is 0 Å². The highest BCUT2D eigenvalue weighted by Gasteiger charge is 2.20. The first-order valence-corrected chi connectivity index (χ1v) is 17.1. The van der Waals surface area contributed by atoms with Crippen molar-refractivity contribution in [1.29, 1.82) is 0 Å². The van der Waals surface area contributed by atoms with Crippen molar-refractivity contribution in [2.75, 3.05) is 4.90 Å². The number of fused-ring (bicyclic) bond motifs is 6. The fourth-order valence-corrected chi connectivity index (χ4v) is 7.15. The molecule has 0 fully saturated rings. The van der Waals surface area contributed by atoms with Crippen LogP contribution in [-0.4, -0.2) is 4.98 Å². The van der Waals surface area contributed by atoms with E-state index in [1.807, 2.05) is 48.5 Å². The highest BCUT2D eigenvalue weighted by Crippen LogP contribution is 2.42. The number of nitrogens with zero attached hydrogens (tertiary/aromatic N) is 2. The van der Waals surface area contributed by atoms with Crippen molar-refractivity contribution in [1.82, 2.24) is 4.98 Å². The zero-order valence-electron chi connectivity index (χ0n) is 27.5. The molecule has 2 aromatic heterocycles. The summed E-state index contributed by atoms with van der Waals surface area (Å²) in [6.45, 7) is 0. The van der Waals surface area contributed by atoms with Gasteiger partial charge in [-0.1, -0.05) is 109 Å². The molecule has 4 nitrogen and oxygen atoms in total. The van der Waals surface area contributed by atoms with E-state index in [2.05, 4.69) is 138 Å². The minimum absolute atomic E-state index is 0.598. The minimum atomic E-state index is 0.598. The monoisotopic (exact) mass is 654 g/mol. The van der Waals surface area contributed by atoms with E-state index >= 15 is 0 Å².